The van der Waals surface area contributed by atoms with Gasteiger partial charge in [0.1, 0.15) is 10.8 Å². The molecule has 1 aromatic heterocycles. The Labute approximate surface area is 108 Å². The van der Waals surface area contributed by atoms with E-state index in [2.05, 4.69) is 4.98 Å². The van der Waals surface area contributed by atoms with Crippen LogP contribution in [0.5, 0.6) is 0 Å². The van der Waals surface area contributed by atoms with E-state index in [1.165, 1.54) is 23.9 Å². The topological polar surface area (TPSA) is 50.2 Å². The highest BCUT2D eigenvalue weighted by molar-refractivity contribution is 7.99. The van der Waals surface area contributed by atoms with Gasteiger partial charge in [-0.1, -0.05) is 6.92 Å². The number of aromatic nitrogens is 1. The van der Waals surface area contributed by atoms with Crippen molar-refractivity contribution in [3.63, 3.8) is 0 Å². The third-order valence-corrected chi connectivity index (χ3v) is 3.53. The van der Waals surface area contributed by atoms with E-state index in [-0.39, 0.29) is 11.4 Å². The van der Waals surface area contributed by atoms with E-state index in [1.807, 2.05) is 6.92 Å². The first-order chi connectivity index (χ1) is 8.54. The van der Waals surface area contributed by atoms with Crippen LogP contribution >= 0.6 is 11.8 Å². The zero-order valence-electron chi connectivity index (χ0n) is 10.0. The normalized spacial score (nSPS) is 10.8. The van der Waals surface area contributed by atoms with Crippen molar-refractivity contribution in [2.75, 3.05) is 5.75 Å². The summed E-state index contributed by atoms with van der Waals surface area (Å²) in [5, 5.41) is 10.4. The van der Waals surface area contributed by atoms with Crippen LogP contribution in [0.1, 0.15) is 22.8 Å². The molecule has 2 rings (SSSR count). The molecule has 0 saturated heterocycles. The first-order valence-electron chi connectivity index (χ1n) is 5.50. The van der Waals surface area contributed by atoms with Crippen LogP contribution in [-0.2, 0) is 0 Å². The average Bonchev–Trinajstić information content (AvgIpc) is 2.28. The number of carboxylic acids is 1. The number of hydrogen-bond donors (Lipinski definition) is 1. The highest BCUT2D eigenvalue weighted by atomic mass is 32.2. The first-order valence-corrected chi connectivity index (χ1v) is 6.49. The number of aryl methyl sites for hydroxylation is 1. The highest BCUT2D eigenvalue weighted by Crippen LogP contribution is 2.29. The Balaban J connectivity index is 2.80. The quantitative estimate of drug-likeness (QED) is 0.863. The Morgan fingerprint density at radius 1 is 1.50 bits per heavy atom. The molecule has 0 atom stereocenters. The second-order valence-electron chi connectivity index (χ2n) is 3.82. The van der Waals surface area contributed by atoms with Crippen LogP contribution in [0.3, 0.4) is 0 Å². The van der Waals surface area contributed by atoms with Crippen molar-refractivity contribution in [3.8, 4) is 0 Å². The summed E-state index contributed by atoms with van der Waals surface area (Å²) in [4.78, 5) is 15.6. The molecule has 0 aliphatic rings. The predicted molar refractivity (Wildman–Crippen MR) is 69.8 cm³/mol. The molecular weight excluding hydrogens is 253 g/mol. The number of fused-ring (bicyclic) bond motifs is 1. The van der Waals surface area contributed by atoms with Gasteiger partial charge in [-0.15, -0.1) is 11.8 Å². The SMILES string of the molecule is CCSc1nc2cc(F)ccc2c(C)c1C(=O)O. The van der Waals surface area contributed by atoms with Crippen molar-refractivity contribution in [1.29, 1.82) is 0 Å². The van der Waals surface area contributed by atoms with Crippen LogP contribution in [0.25, 0.3) is 10.9 Å². The number of carboxylic acid groups (broad SMARTS) is 1. The standard InChI is InChI=1S/C13H12FNO2S/c1-3-18-12-11(13(16)17)7(2)9-5-4-8(14)6-10(9)15-12/h4-6H,3H2,1-2H3,(H,16,17). The van der Waals surface area contributed by atoms with E-state index in [4.69, 9.17) is 0 Å². The molecule has 0 saturated carbocycles. The Hall–Kier alpha value is -1.62. The molecule has 18 heavy (non-hydrogen) atoms. The lowest BCUT2D eigenvalue weighted by atomic mass is 10.1. The number of rotatable bonds is 3. The number of halogens is 1. The zero-order chi connectivity index (χ0) is 13.3. The third-order valence-electron chi connectivity index (χ3n) is 2.67. The Kier molecular flexibility index (Phi) is 3.52. The molecule has 5 heteroatoms. The van der Waals surface area contributed by atoms with E-state index >= 15 is 0 Å². The van der Waals surface area contributed by atoms with E-state index in [0.29, 0.717) is 27.2 Å². The molecule has 94 valence electrons. The number of hydrogen-bond acceptors (Lipinski definition) is 3. The van der Waals surface area contributed by atoms with Crippen molar-refractivity contribution in [3.05, 3.63) is 35.1 Å². The number of nitrogens with zero attached hydrogens (tertiary/aromatic N) is 1. The molecule has 0 aliphatic carbocycles. The summed E-state index contributed by atoms with van der Waals surface area (Å²) in [6, 6.07) is 4.21. The van der Waals surface area contributed by atoms with Crippen molar-refractivity contribution < 1.29 is 14.3 Å². The highest BCUT2D eigenvalue weighted by Gasteiger charge is 2.18. The van der Waals surface area contributed by atoms with Crippen molar-refractivity contribution in [2.24, 2.45) is 0 Å². The lowest BCUT2D eigenvalue weighted by molar-refractivity contribution is 0.0691. The molecule has 1 aromatic carbocycles. The van der Waals surface area contributed by atoms with Gasteiger partial charge in [0.05, 0.1) is 11.1 Å². The zero-order valence-corrected chi connectivity index (χ0v) is 10.8. The predicted octanol–water partition coefficient (Wildman–Crippen LogP) is 3.49. The molecular formula is C13H12FNO2S. The van der Waals surface area contributed by atoms with Gasteiger partial charge in [0.15, 0.2) is 0 Å². The van der Waals surface area contributed by atoms with Gasteiger partial charge in [-0.3, -0.25) is 0 Å². The second kappa shape index (κ2) is 4.94. The van der Waals surface area contributed by atoms with Gasteiger partial charge in [-0.25, -0.2) is 14.2 Å². The van der Waals surface area contributed by atoms with Crippen LogP contribution in [0.15, 0.2) is 23.2 Å². The maximum absolute atomic E-state index is 13.2. The Morgan fingerprint density at radius 3 is 2.83 bits per heavy atom. The molecule has 0 amide bonds. The molecule has 3 nitrogen and oxygen atoms in total. The van der Waals surface area contributed by atoms with Crippen LogP contribution in [-0.4, -0.2) is 21.8 Å². The maximum atomic E-state index is 13.2. The van der Waals surface area contributed by atoms with Crippen LogP contribution in [0.4, 0.5) is 4.39 Å². The monoisotopic (exact) mass is 265 g/mol. The van der Waals surface area contributed by atoms with Gasteiger partial charge in [-0.05, 0) is 30.4 Å². The smallest absolute Gasteiger partial charge is 0.338 e. The van der Waals surface area contributed by atoms with Gasteiger partial charge >= 0.3 is 5.97 Å². The summed E-state index contributed by atoms with van der Waals surface area (Å²) in [7, 11) is 0. The van der Waals surface area contributed by atoms with Gasteiger partial charge < -0.3 is 5.11 Å². The van der Waals surface area contributed by atoms with Gasteiger partial charge in [0.2, 0.25) is 0 Å². The molecule has 1 heterocycles. The summed E-state index contributed by atoms with van der Waals surface area (Å²) < 4.78 is 13.2. The summed E-state index contributed by atoms with van der Waals surface area (Å²) in [5.74, 6) is -0.653. The van der Waals surface area contributed by atoms with E-state index in [1.54, 1.807) is 13.0 Å². The molecule has 0 spiro atoms. The van der Waals surface area contributed by atoms with Gasteiger partial charge in [0, 0.05) is 11.5 Å². The fraction of sp³-hybridized carbons (Fsp3) is 0.231. The molecule has 0 fully saturated rings. The van der Waals surface area contributed by atoms with Crippen molar-refractivity contribution in [2.45, 2.75) is 18.9 Å². The molecule has 1 N–H and O–H groups in total. The molecule has 0 unspecified atom stereocenters. The fourth-order valence-electron chi connectivity index (χ4n) is 1.87. The van der Waals surface area contributed by atoms with Crippen LogP contribution < -0.4 is 0 Å². The molecule has 2 aromatic rings. The minimum atomic E-state index is -0.998. The largest absolute Gasteiger partial charge is 0.478 e. The fourth-order valence-corrected chi connectivity index (χ4v) is 2.69. The summed E-state index contributed by atoms with van der Waals surface area (Å²) in [5.41, 5.74) is 1.33. The minimum Gasteiger partial charge on any atom is -0.478 e. The van der Waals surface area contributed by atoms with Crippen molar-refractivity contribution >= 4 is 28.6 Å². The Morgan fingerprint density at radius 2 is 2.22 bits per heavy atom. The lowest BCUT2D eigenvalue weighted by Gasteiger charge is -2.10. The number of thioether (sulfide) groups is 1. The van der Waals surface area contributed by atoms with Gasteiger partial charge in [-0.2, -0.15) is 0 Å². The maximum Gasteiger partial charge on any atom is 0.338 e. The number of aromatic carboxylic acids is 1. The van der Waals surface area contributed by atoms with Crippen LogP contribution in [0.2, 0.25) is 0 Å². The number of carbonyl (C=O) groups is 1. The van der Waals surface area contributed by atoms with E-state index < -0.39 is 5.97 Å². The van der Waals surface area contributed by atoms with E-state index in [0.717, 1.165) is 0 Å². The molecule has 0 aliphatic heterocycles. The third kappa shape index (κ3) is 2.18. The summed E-state index contributed by atoms with van der Waals surface area (Å²) in [6.07, 6.45) is 0. The summed E-state index contributed by atoms with van der Waals surface area (Å²) >= 11 is 1.35. The van der Waals surface area contributed by atoms with Gasteiger partial charge in [0.25, 0.3) is 0 Å². The number of pyridine rings is 1. The lowest BCUT2D eigenvalue weighted by Crippen LogP contribution is -2.05. The minimum absolute atomic E-state index is 0.209. The summed E-state index contributed by atoms with van der Waals surface area (Å²) in [6.45, 7) is 3.65. The molecule has 0 bridgehead atoms. The Bertz CT molecular complexity index is 628. The molecule has 0 radical (unpaired) electrons. The first kappa shape index (κ1) is 12.8. The van der Waals surface area contributed by atoms with Crippen LogP contribution in [0, 0.1) is 12.7 Å². The average molecular weight is 265 g/mol. The van der Waals surface area contributed by atoms with Crippen molar-refractivity contribution in [1.82, 2.24) is 4.98 Å². The number of benzene rings is 1. The van der Waals surface area contributed by atoms with E-state index in [9.17, 15) is 14.3 Å². The second-order valence-corrected chi connectivity index (χ2v) is 5.07.